The molecule has 1 N–H and O–H groups in total. The van der Waals surface area contributed by atoms with Crippen LogP contribution in [-0.2, 0) is 41.7 Å². The number of rotatable bonds is 11. The molecule has 0 aliphatic rings. The van der Waals surface area contributed by atoms with Crippen LogP contribution in [0, 0.1) is 0 Å². The number of aldehydes is 1. The summed E-state index contributed by atoms with van der Waals surface area (Å²) in [6.45, 7) is 1.89. The van der Waals surface area contributed by atoms with Crippen molar-refractivity contribution in [3.05, 3.63) is 75.7 Å². The lowest BCUT2D eigenvalue weighted by Gasteiger charge is -2.12. The molecule has 0 saturated carbocycles. The summed E-state index contributed by atoms with van der Waals surface area (Å²) < 4.78 is 41.9. The van der Waals surface area contributed by atoms with E-state index in [1.54, 1.807) is 0 Å². The van der Waals surface area contributed by atoms with Gasteiger partial charge in [0.1, 0.15) is 12.8 Å². The third-order valence-corrected chi connectivity index (χ3v) is 5.58. The van der Waals surface area contributed by atoms with Gasteiger partial charge in [0.25, 0.3) is 0 Å². The van der Waals surface area contributed by atoms with Gasteiger partial charge in [-0.3, -0.25) is 9.36 Å². The molecule has 35 heavy (non-hydrogen) atoms. The molecule has 0 radical (unpaired) electrons. The number of nitrogens with one attached hydrogen (secondary N) is 1. The average Bonchev–Trinajstić information content (AvgIpc) is 3.14. The molecule has 0 aliphatic heterocycles. The standard InChI is InChI=1S/C25H27F3N4O3/c1-2-18-9-11-20(12-10-18)23-30-32(24(35)31(23)15-5-6-16-33)17-22(34)29-14-13-19-7-3-4-8-21(19)25(26,27)28/h3-4,7-12,16H,2,5-6,13-15,17H2,1H3,(H,29,34). The van der Waals surface area contributed by atoms with Gasteiger partial charge in [0, 0.05) is 25.1 Å². The molecule has 0 unspecified atom stereocenters. The Morgan fingerprint density at radius 3 is 2.49 bits per heavy atom. The zero-order chi connectivity index (χ0) is 25.4. The van der Waals surface area contributed by atoms with Crippen LogP contribution in [0.25, 0.3) is 11.4 Å². The Balaban J connectivity index is 1.73. The first kappa shape index (κ1) is 25.9. The van der Waals surface area contributed by atoms with Crippen LogP contribution >= 0.6 is 0 Å². The molecule has 0 saturated heterocycles. The zero-order valence-electron chi connectivity index (χ0n) is 19.3. The number of hydrogen-bond acceptors (Lipinski definition) is 4. The Kier molecular flexibility index (Phi) is 8.62. The van der Waals surface area contributed by atoms with Gasteiger partial charge in [0.15, 0.2) is 5.82 Å². The Hall–Kier alpha value is -3.69. The summed E-state index contributed by atoms with van der Waals surface area (Å²) in [5.74, 6) is -0.155. The lowest BCUT2D eigenvalue weighted by Crippen LogP contribution is -2.34. The van der Waals surface area contributed by atoms with E-state index in [0.29, 0.717) is 17.8 Å². The summed E-state index contributed by atoms with van der Waals surface area (Å²) >= 11 is 0. The number of hydrogen-bond donors (Lipinski definition) is 1. The molecular formula is C25H27F3N4O3. The Morgan fingerprint density at radius 1 is 1.11 bits per heavy atom. The molecule has 1 heterocycles. The van der Waals surface area contributed by atoms with E-state index in [1.165, 1.54) is 22.8 Å². The van der Waals surface area contributed by atoms with Crippen LogP contribution in [-0.4, -0.2) is 33.1 Å². The van der Waals surface area contributed by atoms with Crippen LogP contribution < -0.4 is 11.0 Å². The second-order valence-electron chi connectivity index (χ2n) is 8.03. The number of aryl methyl sites for hydroxylation is 1. The number of unbranched alkanes of at least 4 members (excludes halogenated alkanes) is 1. The van der Waals surface area contributed by atoms with Gasteiger partial charge in [-0.1, -0.05) is 49.4 Å². The minimum Gasteiger partial charge on any atom is -0.354 e. The van der Waals surface area contributed by atoms with Gasteiger partial charge < -0.3 is 10.1 Å². The number of alkyl halides is 3. The number of amides is 1. The highest BCUT2D eigenvalue weighted by Gasteiger charge is 2.32. The SMILES string of the molecule is CCc1ccc(-c2nn(CC(=O)NCCc3ccccc3C(F)(F)F)c(=O)n2CCCC=O)cc1. The predicted octanol–water partition coefficient (Wildman–Crippen LogP) is 3.63. The highest BCUT2D eigenvalue weighted by atomic mass is 19.4. The van der Waals surface area contributed by atoms with Gasteiger partial charge in [0.05, 0.1) is 5.56 Å². The van der Waals surface area contributed by atoms with E-state index in [2.05, 4.69) is 10.4 Å². The molecule has 1 amide bonds. The summed E-state index contributed by atoms with van der Waals surface area (Å²) in [6.07, 6.45) is -2.13. The van der Waals surface area contributed by atoms with Gasteiger partial charge in [-0.05, 0) is 36.5 Å². The Labute approximate surface area is 200 Å². The van der Waals surface area contributed by atoms with Crippen molar-refractivity contribution in [2.45, 2.75) is 51.9 Å². The summed E-state index contributed by atoms with van der Waals surface area (Å²) in [6, 6.07) is 12.8. The molecule has 0 atom stereocenters. The number of aromatic nitrogens is 3. The number of halogens is 3. The fourth-order valence-corrected chi connectivity index (χ4v) is 3.72. The van der Waals surface area contributed by atoms with Crippen LogP contribution in [0.1, 0.15) is 36.5 Å². The second kappa shape index (κ2) is 11.6. The Morgan fingerprint density at radius 2 is 1.83 bits per heavy atom. The van der Waals surface area contributed by atoms with E-state index in [9.17, 15) is 27.6 Å². The van der Waals surface area contributed by atoms with Crippen LogP contribution in [0.5, 0.6) is 0 Å². The topological polar surface area (TPSA) is 86.0 Å². The number of nitrogens with zero attached hydrogens (tertiary/aromatic N) is 3. The first-order chi connectivity index (χ1) is 16.7. The van der Waals surface area contributed by atoms with Crippen molar-refractivity contribution < 1.29 is 22.8 Å². The van der Waals surface area contributed by atoms with Crippen LogP contribution in [0.4, 0.5) is 13.2 Å². The monoisotopic (exact) mass is 488 g/mol. The van der Waals surface area contributed by atoms with Gasteiger partial charge in [-0.2, -0.15) is 13.2 Å². The van der Waals surface area contributed by atoms with Crippen molar-refractivity contribution in [3.8, 4) is 11.4 Å². The molecule has 3 rings (SSSR count). The first-order valence-corrected chi connectivity index (χ1v) is 11.4. The highest BCUT2D eigenvalue weighted by Crippen LogP contribution is 2.31. The van der Waals surface area contributed by atoms with Crippen molar-refractivity contribution in [2.75, 3.05) is 6.54 Å². The first-order valence-electron chi connectivity index (χ1n) is 11.4. The maximum Gasteiger partial charge on any atom is 0.416 e. The largest absolute Gasteiger partial charge is 0.416 e. The molecule has 7 nitrogen and oxygen atoms in total. The average molecular weight is 489 g/mol. The maximum atomic E-state index is 13.1. The predicted molar refractivity (Wildman–Crippen MR) is 125 cm³/mol. The van der Waals surface area contributed by atoms with Gasteiger partial charge in [-0.25, -0.2) is 9.48 Å². The van der Waals surface area contributed by atoms with E-state index in [1.807, 2.05) is 31.2 Å². The van der Waals surface area contributed by atoms with E-state index in [4.69, 9.17) is 0 Å². The summed E-state index contributed by atoms with van der Waals surface area (Å²) in [5, 5.41) is 6.90. The van der Waals surface area contributed by atoms with Crippen molar-refractivity contribution in [3.63, 3.8) is 0 Å². The molecule has 0 bridgehead atoms. The maximum absolute atomic E-state index is 13.1. The van der Waals surface area contributed by atoms with E-state index in [-0.39, 0.29) is 38.0 Å². The van der Waals surface area contributed by atoms with Crippen LogP contribution in [0.3, 0.4) is 0 Å². The van der Waals surface area contributed by atoms with Gasteiger partial charge in [0.2, 0.25) is 5.91 Å². The molecule has 186 valence electrons. The zero-order valence-corrected chi connectivity index (χ0v) is 19.3. The smallest absolute Gasteiger partial charge is 0.354 e. The highest BCUT2D eigenvalue weighted by molar-refractivity contribution is 5.75. The Bertz CT molecular complexity index is 1210. The lowest BCUT2D eigenvalue weighted by molar-refractivity contribution is -0.138. The van der Waals surface area contributed by atoms with Crippen molar-refractivity contribution >= 4 is 12.2 Å². The summed E-state index contributed by atoms with van der Waals surface area (Å²) in [4.78, 5) is 36.1. The minimum atomic E-state index is -4.48. The molecule has 0 spiro atoms. The fourth-order valence-electron chi connectivity index (χ4n) is 3.72. The van der Waals surface area contributed by atoms with Crippen LogP contribution in [0.2, 0.25) is 0 Å². The van der Waals surface area contributed by atoms with Crippen molar-refractivity contribution in [1.82, 2.24) is 19.7 Å². The lowest BCUT2D eigenvalue weighted by atomic mass is 10.0. The van der Waals surface area contributed by atoms with Crippen LogP contribution in [0.15, 0.2) is 53.3 Å². The number of carbonyl (C=O) groups is 2. The van der Waals surface area contributed by atoms with Gasteiger partial charge in [-0.15, -0.1) is 5.10 Å². The number of carbonyl (C=O) groups excluding carboxylic acids is 2. The van der Waals surface area contributed by atoms with E-state index < -0.39 is 23.3 Å². The number of benzene rings is 2. The van der Waals surface area contributed by atoms with Gasteiger partial charge >= 0.3 is 11.9 Å². The quantitative estimate of drug-likeness (QED) is 0.330. The molecule has 0 aliphatic carbocycles. The molecule has 1 aromatic heterocycles. The molecule has 0 fully saturated rings. The molecule has 10 heteroatoms. The van der Waals surface area contributed by atoms with Crippen molar-refractivity contribution in [2.24, 2.45) is 0 Å². The summed E-state index contributed by atoms with van der Waals surface area (Å²) in [5.41, 5.74) is 0.666. The summed E-state index contributed by atoms with van der Waals surface area (Å²) in [7, 11) is 0. The molecular weight excluding hydrogens is 461 g/mol. The third kappa shape index (κ3) is 6.68. The third-order valence-electron chi connectivity index (χ3n) is 5.58. The van der Waals surface area contributed by atoms with E-state index in [0.717, 1.165) is 29.0 Å². The van der Waals surface area contributed by atoms with E-state index >= 15 is 0 Å². The molecule has 2 aromatic carbocycles. The normalized spacial score (nSPS) is 11.4. The second-order valence-corrected chi connectivity index (χ2v) is 8.03. The van der Waals surface area contributed by atoms with Crippen molar-refractivity contribution in [1.29, 1.82) is 0 Å². The molecule has 3 aromatic rings. The minimum absolute atomic E-state index is 0.00845. The fraction of sp³-hybridized carbons (Fsp3) is 0.360.